The second-order valence-corrected chi connectivity index (χ2v) is 4.12. The van der Waals surface area contributed by atoms with E-state index < -0.39 is 0 Å². The molecule has 10 heavy (non-hydrogen) atoms. The number of rotatable bonds is 0. The van der Waals surface area contributed by atoms with Crippen LogP contribution in [0.4, 0.5) is 0 Å². The van der Waals surface area contributed by atoms with E-state index >= 15 is 0 Å². The lowest BCUT2D eigenvalue weighted by Gasteiger charge is -2.25. The van der Waals surface area contributed by atoms with Gasteiger partial charge in [-0.15, -0.1) is 11.8 Å². The molecular weight excluding hydrogens is 146 g/mol. The van der Waals surface area contributed by atoms with Crippen molar-refractivity contribution in [3.63, 3.8) is 0 Å². The van der Waals surface area contributed by atoms with Crippen molar-refractivity contribution in [1.82, 2.24) is 5.32 Å². The lowest BCUT2D eigenvalue weighted by molar-refractivity contribution is 0.109. The van der Waals surface area contributed by atoms with Gasteiger partial charge in [0.15, 0.2) is 0 Å². The van der Waals surface area contributed by atoms with Gasteiger partial charge in [0, 0.05) is 26.7 Å². The number of nitrogens with one attached hydrogen (secondary N) is 1. The van der Waals surface area contributed by atoms with Gasteiger partial charge in [0.1, 0.15) is 0 Å². The van der Waals surface area contributed by atoms with Crippen molar-refractivity contribution in [3.05, 3.63) is 0 Å². The highest BCUT2D eigenvalue weighted by atomic mass is 32.2. The first-order valence-electron chi connectivity index (χ1n) is 4.27. The predicted octanol–water partition coefficient (Wildman–Crippen LogP) is 0.828. The van der Waals surface area contributed by atoms with Gasteiger partial charge in [-0.1, -0.05) is 0 Å². The maximum atomic E-state index is 7.56. The van der Waals surface area contributed by atoms with Crippen LogP contribution in [-0.2, 0) is 4.74 Å². The number of ether oxygens (including phenoxy) is 1. The van der Waals surface area contributed by atoms with E-state index in [4.69, 9.17) is 6.11 Å². The minimum absolute atomic E-state index is 0.000787. The van der Waals surface area contributed by atoms with Crippen molar-refractivity contribution in [2.75, 3.05) is 18.9 Å². The molecule has 2 fully saturated rings. The number of hydrogen-bond acceptors (Lipinski definition) is 3. The zero-order chi connectivity index (χ0) is 7.90. The molecule has 2 rings (SSSR count). The predicted molar refractivity (Wildman–Crippen MR) is 43.2 cm³/mol. The number of thioether (sulfide) groups is 1. The van der Waals surface area contributed by atoms with E-state index in [2.05, 4.69) is 12.2 Å². The van der Waals surface area contributed by atoms with E-state index in [0.717, 1.165) is 19.6 Å². The van der Waals surface area contributed by atoms with Crippen molar-refractivity contribution >= 4 is 11.8 Å². The summed E-state index contributed by atoms with van der Waals surface area (Å²) in [5.41, 5.74) is -0.000787. The fourth-order valence-corrected chi connectivity index (χ4v) is 2.65. The first-order chi connectivity index (χ1) is 5.23. The standard InChI is InChI=1S/C7H13NOS/c1-6-7(2-4-9-6)8-3-5-10-7/h6,8H,2-5H2,1H3/i5D. The summed E-state index contributed by atoms with van der Waals surface area (Å²) in [4.78, 5) is 0.0758. The van der Waals surface area contributed by atoms with Gasteiger partial charge in [-0.3, -0.25) is 5.32 Å². The Hall–Kier alpha value is 0.270. The van der Waals surface area contributed by atoms with Crippen molar-refractivity contribution < 1.29 is 6.11 Å². The first-order valence-corrected chi connectivity index (χ1v) is 4.58. The zero-order valence-electron chi connectivity index (χ0n) is 7.09. The van der Waals surface area contributed by atoms with Crippen LogP contribution >= 0.6 is 11.8 Å². The van der Waals surface area contributed by atoms with Crippen molar-refractivity contribution in [3.8, 4) is 0 Å². The van der Waals surface area contributed by atoms with Crippen LogP contribution < -0.4 is 5.32 Å². The Morgan fingerprint density at radius 1 is 1.90 bits per heavy atom. The molecule has 0 radical (unpaired) electrons. The summed E-state index contributed by atoms with van der Waals surface area (Å²) in [7, 11) is 0. The van der Waals surface area contributed by atoms with Crippen LogP contribution in [0.3, 0.4) is 0 Å². The van der Waals surface area contributed by atoms with E-state index in [9.17, 15) is 0 Å². The Morgan fingerprint density at radius 2 is 2.80 bits per heavy atom. The molecule has 0 saturated carbocycles. The highest BCUT2D eigenvalue weighted by Gasteiger charge is 2.44. The second-order valence-electron chi connectivity index (χ2n) is 2.82. The minimum Gasteiger partial charge on any atom is -0.376 e. The SMILES string of the molecule is [2H]C1CNC2(CCOC2C)S1. The van der Waals surface area contributed by atoms with E-state index in [1.807, 2.05) is 0 Å². The average Bonchev–Trinajstić information content (AvgIpc) is 2.46. The normalized spacial score (nSPS) is 55.9. The monoisotopic (exact) mass is 160 g/mol. The Bertz CT molecular complexity index is 169. The fourth-order valence-electron chi connectivity index (χ4n) is 1.56. The van der Waals surface area contributed by atoms with E-state index in [0.29, 0.717) is 0 Å². The maximum Gasteiger partial charge on any atom is 0.0930 e. The third kappa shape index (κ3) is 0.881. The van der Waals surface area contributed by atoms with Crippen LogP contribution in [0.2, 0.25) is 0 Å². The Labute approximate surface area is 67.1 Å². The summed E-state index contributed by atoms with van der Waals surface area (Å²) in [6.45, 7) is 3.73. The fraction of sp³-hybridized carbons (Fsp3) is 1.00. The average molecular weight is 160 g/mol. The summed E-state index contributed by atoms with van der Waals surface area (Å²) >= 11 is 1.71. The van der Waals surface area contributed by atoms with Crippen molar-refractivity contribution in [1.29, 1.82) is 0 Å². The van der Waals surface area contributed by atoms with Crippen LogP contribution in [0.1, 0.15) is 14.7 Å². The van der Waals surface area contributed by atoms with Gasteiger partial charge >= 0.3 is 0 Å². The largest absolute Gasteiger partial charge is 0.376 e. The van der Waals surface area contributed by atoms with Crippen LogP contribution in [0.5, 0.6) is 0 Å². The van der Waals surface area contributed by atoms with E-state index in [1.165, 1.54) is 0 Å². The molecule has 2 aliphatic rings. The summed E-state index contributed by atoms with van der Waals surface area (Å²) in [6, 6.07) is 0. The molecule has 2 aliphatic heterocycles. The summed E-state index contributed by atoms with van der Waals surface area (Å²) < 4.78 is 13.0. The molecule has 3 heteroatoms. The van der Waals surface area contributed by atoms with Crippen molar-refractivity contribution in [2.45, 2.75) is 24.3 Å². The molecule has 3 atom stereocenters. The molecule has 0 aromatic rings. The Morgan fingerprint density at radius 3 is 3.30 bits per heavy atom. The van der Waals surface area contributed by atoms with Crippen LogP contribution in [0.15, 0.2) is 0 Å². The molecule has 1 N–H and O–H groups in total. The van der Waals surface area contributed by atoms with Crippen molar-refractivity contribution in [2.24, 2.45) is 0 Å². The Balaban J connectivity index is 2.10. The molecule has 2 saturated heterocycles. The molecule has 0 amide bonds. The topological polar surface area (TPSA) is 21.3 Å². The minimum atomic E-state index is -0.000787. The highest BCUT2D eigenvalue weighted by Crippen LogP contribution is 2.39. The van der Waals surface area contributed by atoms with Crippen LogP contribution in [0.25, 0.3) is 0 Å². The maximum absolute atomic E-state index is 7.56. The van der Waals surface area contributed by atoms with Gasteiger partial charge in [0.25, 0.3) is 0 Å². The van der Waals surface area contributed by atoms with Crippen LogP contribution in [-0.4, -0.2) is 29.9 Å². The third-order valence-electron chi connectivity index (χ3n) is 2.28. The van der Waals surface area contributed by atoms with Gasteiger partial charge in [0.2, 0.25) is 0 Å². The summed E-state index contributed by atoms with van der Waals surface area (Å²) in [5.74, 6) is 0. The molecule has 0 aliphatic carbocycles. The van der Waals surface area contributed by atoms with Gasteiger partial charge in [-0.2, -0.15) is 0 Å². The van der Waals surface area contributed by atoms with Gasteiger partial charge in [0.05, 0.1) is 11.0 Å². The first kappa shape index (κ1) is 5.86. The van der Waals surface area contributed by atoms with E-state index in [-0.39, 0.29) is 16.7 Å². The summed E-state index contributed by atoms with van der Waals surface area (Å²) in [5, 5.41) is 3.38. The zero-order valence-corrected chi connectivity index (χ0v) is 6.91. The molecule has 0 aromatic carbocycles. The lowest BCUT2D eigenvalue weighted by Crippen LogP contribution is -2.42. The molecule has 0 bridgehead atoms. The smallest absolute Gasteiger partial charge is 0.0930 e. The quantitative estimate of drug-likeness (QED) is 0.567. The highest BCUT2D eigenvalue weighted by molar-refractivity contribution is 8.00. The molecule has 3 unspecified atom stereocenters. The molecule has 58 valence electrons. The van der Waals surface area contributed by atoms with Crippen LogP contribution in [0, 0.1) is 0 Å². The molecule has 0 aromatic heterocycles. The summed E-state index contributed by atoms with van der Waals surface area (Å²) in [6.07, 6.45) is 1.32. The van der Waals surface area contributed by atoms with Gasteiger partial charge < -0.3 is 4.74 Å². The number of hydrogen-bond donors (Lipinski definition) is 1. The van der Waals surface area contributed by atoms with E-state index in [1.54, 1.807) is 11.8 Å². The molecule has 2 heterocycles. The molecule has 2 nitrogen and oxygen atoms in total. The van der Waals surface area contributed by atoms with Gasteiger partial charge in [-0.25, -0.2) is 0 Å². The third-order valence-corrected chi connectivity index (χ3v) is 3.71. The Kier molecular flexibility index (Phi) is 1.40. The van der Waals surface area contributed by atoms with Gasteiger partial charge in [-0.05, 0) is 6.92 Å². The molecule has 1 spiro atoms. The second kappa shape index (κ2) is 2.40. The molecular formula is C7H13NOS. The lowest BCUT2D eigenvalue weighted by atomic mass is 10.1.